The Bertz CT molecular complexity index is 660. The van der Waals surface area contributed by atoms with Crippen molar-refractivity contribution in [2.75, 3.05) is 0 Å². The summed E-state index contributed by atoms with van der Waals surface area (Å²) in [6.07, 6.45) is 0. The van der Waals surface area contributed by atoms with Crippen LogP contribution in [0.15, 0.2) is 39.8 Å². The number of thioether (sulfide) groups is 1. The summed E-state index contributed by atoms with van der Waals surface area (Å²) in [5, 5.41) is 18.0. The van der Waals surface area contributed by atoms with Crippen LogP contribution in [0.25, 0.3) is 0 Å². The van der Waals surface area contributed by atoms with Crippen LogP contribution >= 0.6 is 11.8 Å². The van der Waals surface area contributed by atoms with Gasteiger partial charge in [0, 0.05) is 5.75 Å². The number of carbonyl (C=O) groups is 1. The van der Waals surface area contributed by atoms with Crippen molar-refractivity contribution in [3.05, 3.63) is 53.0 Å². The summed E-state index contributed by atoms with van der Waals surface area (Å²) in [6, 6.07) is 8.80. The highest BCUT2D eigenvalue weighted by Crippen LogP contribution is 2.26. The molecule has 0 amide bonds. The first-order valence-electron chi connectivity index (χ1n) is 5.24. The normalized spacial score (nSPS) is 10.1. The molecule has 0 spiro atoms. The smallest absolute Gasteiger partial charge is 0.371 e. The fourth-order valence-corrected chi connectivity index (χ4v) is 2.30. The maximum atomic E-state index is 12.9. The number of nitrogens with zero attached hydrogens (tertiary/aromatic N) is 1. The molecule has 1 aromatic heterocycles. The van der Waals surface area contributed by atoms with Gasteiger partial charge in [-0.15, -0.1) is 0 Å². The van der Waals surface area contributed by atoms with E-state index in [1.54, 1.807) is 6.07 Å². The Morgan fingerprint density at radius 1 is 1.42 bits per heavy atom. The highest BCUT2D eigenvalue weighted by atomic mass is 32.2. The number of rotatable bonds is 4. The van der Waals surface area contributed by atoms with Gasteiger partial charge in [0.2, 0.25) is 5.76 Å². The molecule has 1 aromatic carbocycles. The zero-order chi connectivity index (χ0) is 13.8. The van der Waals surface area contributed by atoms with E-state index in [9.17, 15) is 9.18 Å². The van der Waals surface area contributed by atoms with Crippen LogP contribution < -0.4 is 0 Å². The fourth-order valence-electron chi connectivity index (χ4n) is 1.44. The number of hydrogen-bond donors (Lipinski definition) is 1. The van der Waals surface area contributed by atoms with Gasteiger partial charge in [0.25, 0.3) is 0 Å². The zero-order valence-corrected chi connectivity index (χ0v) is 10.4. The summed E-state index contributed by atoms with van der Waals surface area (Å²) >= 11 is 1.24. The number of carboxylic acids is 1. The topological polar surface area (TPSA) is 74.2 Å². The van der Waals surface area contributed by atoms with Crippen molar-refractivity contribution in [2.24, 2.45) is 0 Å². The number of benzene rings is 1. The molecular weight excluding hydrogens is 269 g/mol. The highest BCUT2D eigenvalue weighted by Gasteiger charge is 2.10. The van der Waals surface area contributed by atoms with Crippen LogP contribution in [-0.2, 0) is 5.75 Å². The average Bonchev–Trinajstić information content (AvgIpc) is 2.86. The molecular formula is C13H8FNO3S. The fraction of sp³-hybridized carbons (Fsp3) is 0.0769. The Balaban J connectivity index is 2.10. The second kappa shape index (κ2) is 5.59. The summed E-state index contributed by atoms with van der Waals surface area (Å²) < 4.78 is 18.0. The second-order valence-electron chi connectivity index (χ2n) is 3.63. The first kappa shape index (κ1) is 13.2. The Hall–Kier alpha value is -2.26. The predicted octanol–water partition coefficient (Wildman–Crippen LogP) is 3.28. The molecule has 0 radical (unpaired) electrons. The van der Waals surface area contributed by atoms with E-state index >= 15 is 0 Å². The minimum Gasteiger partial charge on any atom is -0.475 e. The average molecular weight is 277 g/mol. The van der Waals surface area contributed by atoms with Gasteiger partial charge in [-0.2, -0.15) is 5.26 Å². The van der Waals surface area contributed by atoms with Crippen molar-refractivity contribution in [3.8, 4) is 6.07 Å². The molecule has 0 unspecified atom stereocenters. The van der Waals surface area contributed by atoms with Crippen LogP contribution in [0.3, 0.4) is 0 Å². The van der Waals surface area contributed by atoms with E-state index in [1.165, 1.54) is 36.0 Å². The lowest BCUT2D eigenvalue weighted by Gasteiger charge is -2.02. The molecule has 0 fully saturated rings. The molecule has 96 valence electrons. The highest BCUT2D eigenvalue weighted by molar-refractivity contribution is 7.98. The van der Waals surface area contributed by atoms with Crippen molar-refractivity contribution < 1.29 is 18.7 Å². The monoisotopic (exact) mass is 277 g/mol. The molecule has 0 saturated heterocycles. The molecule has 1 heterocycles. The lowest BCUT2D eigenvalue weighted by Crippen LogP contribution is -1.91. The maximum Gasteiger partial charge on any atom is 0.371 e. The van der Waals surface area contributed by atoms with Gasteiger partial charge in [-0.1, -0.05) is 17.8 Å². The summed E-state index contributed by atoms with van der Waals surface area (Å²) in [5.41, 5.74) is 0.930. The van der Waals surface area contributed by atoms with E-state index in [1.807, 2.05) is 6.07 Å². The minimum absolute atomic E-state index is 0.137. The number of aromatic carboxylic acids is 1. The van der Waals surface area contributed by atoms with Gasteiger partial charge in [-0.3, -0.25) is 0 Å². The van der Waals surface area contributed by atoms with E-state index < -0.39 is 11.8 Å². The molecule has 0 aliphatic carbocycles. The number of carboxylic acid groups (broad SMARTS) is 1. The first-order chi connectivity index (χ1) is 9.10. The Labute approximate surface area is 112 Å². The van der Waals surface area contributed by atoms with Gasteiger partial charge in [-0.05, 0) is 29.8 Å². The van der Waals surface area contributed by atoms with Gasteiger partial charge in [0.15, 0.2) is 5.09 Å². The Kier molecular flexibility index (Phi) is 3.88. The predicted molar refractivity (Wildman–Crippen MR) is 66.3 cm³/mol. The molecule has 0 aliphatic heterocycles. The Morgan fingerprint density at radius 3 is 2.84 bits per heavy atom. The van der Waals surface area contributed by atoms with E-state index in [2.05, 4.69) is 0 Å². The third kappa shape index (κ3) is 3.14. The van der Waals surface area contributed by atoms with E-state index in [-0.39, 0.29) is 11.3 Å². The lowest BCUT2D eigenvalue weighted by molar-refractivity contribution is 0.0656. The van der Waals surface area contributed by atoms with Crippen molar-refractivity contribution in [2.45, 2.75) is 10.8 Å². The lowest BCUT2D eigenvalue weighted by atomic mass is 10.1. The molecule has 1 N–H and O–H groups in total. The van der Waals surface area contributed by atoms with Crippen molar-refractivity contribution in [1.82, 2.24) is 0 Å². The van der Waals surface area contributed by atoms with Crippen LogP contribution in [0.1, 0.15) is 21.7 Å². The van der Waals surface area contributed by atoms with Crippen LogP contribution in [0, 0.1) is 17.1 Å². The molecule has 2 aromatic rings. The quantitative estimate of drug-likeness (QED) is 0.868. The molecule has 0 atom stereocenters. The maximum absolute atomic E-state index is 12.9. The third-order valence-corrected chi connectivity index (χ3v) is 3.31. The van der Waals surface area contributed by atoms with Crippen molar-refractivity contribution >= 4 is 17.7 Å². The molecule has 2 rings (SSSR count). The van der Waals surface area contributed by atoms with Gasteiger partial charge >= 0.3 is 5.97 Å². The minimum atomic E-state index is -1.13. The zero-order valence-electron chi connectivity index (χ0n) is 9.59. The first-order valence-corrected chi connectivity index (χ1v) is 6.23. The largest absolute Gasteiger partial charge is 0.475 e. The summed E-state index contributed by atoms with van der Waals surface area (Å²) in [7, 11) is 0. The molecule has 0 bridgehead atoms. The molecule has 6 heteroatoms. The summed E-state index contributed by atoms with van der Waals surface area (Å²) in [6.45, 7) is 0. The Morgan fingerprint density at radius 2 is 2.21 bits per heavy atom. The standard InChI is InChI=1S/C13H8FNO3S/c14-10-2-1-8(9(5-10)6-15)7-19-12-4-3-11(18-12)13(16)17/h1-5H,7H2,(H,16,17). The summed E-state index contributed by atoms with van der Waals surface area (Å²) in [5.74, 6) is -1.33. The summed E-state index contributed by atoms with van der Waals surface area (Å²) in [4.78, 5) is 10.6. The van der Waals surface area contributed by atoms with E-state index in [0.717, 1.165) is 0 Å². The van der Waals surface area contributed by atoms with Gasteiger partial charge < -0.3 is 9.52 Å². The van der Waals surface area contributed by atoms with Crippen LogP contribution in [0.5, 0.6) is 0 Å². The third-order valence-electron chi connectivity index (χ3n) is 2.35. The van der Waals surface area contributed by atoms with E-state index in [4.69, 9.17) is 14.8 Å². The number of nitriles is 1. The molecule has 0 saturated carbocycles. The second-order valence-corrected chi connectivity index (χ2v) is 4.61. The van der Waals surface area contributed by atoms with Crippen LogP contribution in [0.2, 0.25) is 0 Å². The van der Waals surface area contributed by atoms with Crippen molar-refractivity contribution in [1.29, 1.82) is 5.26 Å². The van der Waals surface area contributed by atoms with Gasteiger partial charge in [0.1, 0.15) is 5.82 Å². The molecule has 0 aliphatic rings. The van der Waals surface area contributed by atoms with Crippen LogP contribution in [-0.4, -0.2) is 11.1 Å². The van der Waals surface area contributed by atoms with E-state index in [0.29, 0.717) is 16.4 Å². The molecule has 19 heavy (non-hydrogen) atoms. The van der Waals surface area contributed by atoms with Gasteiger partial charge in [0.05, 0.1) is 11.6 Å². The number of furan rings is 1. The molecule has 4 nitrogen and oxygen atoms in total. The van der Waals surface area contributed by atoms with Gasteiger partial charge in [-0.25, -0.2) is 9.18 Å². The number of halogens is 1. The van der Waals surface area contributed by atoms with Crippen LogP contribution in [0.4, 0.5) is 4.39 Å². The number of hydrogen-bond acceptors (Lipinski definition) is 4. The van der Waals surface area contributed by atoms with Crippen molar-refractivity contribution in [3.63, 3.8) is 0 Å². The SMILES string of the molecule is N#Cc1cc(F)ccc1CSc1ccc(C(=O)O)o1.